The zero-order chi connectivity index (χ0) is 21.6. The summed E-state index contributed by atoms with van der Waals surface area (Å²) in [4.78, 5) is 9.12. The average Bonchev–Trinajstić information content (AvgIpc) is 3.33. The van der Waals surface area contributed by atoms with Crippen LogP contribution in [0.1, 0.15) is 17.0 Å². The molecule has 0 atom stereocenters. The van der Waals surface area contributed by atoms with Crippen molar-refractivity contribution in [1.82, 2.24) is 20.2 Å². The normalized spacial score (nSPS) is 10.7. The van der Waals surface area contributed by atoms with Crippen LogP contribution < -0.4 is 14.2 Å². The zero-order valence-corrected chi connectivity index (χ0v) is 17.1. The van der Waals surface area contributed by atoms with Gasteiger partial charge in [0.1, 0.15) is 18.2 Å². The highest BCUT2D eigenvalue weighted by molar-refractivity contribution is 5.58. The highest BCUT2D eigenvalue weighted by Gasteiger charge is 2.11. The molecule has 7 nitrogen and oxygen atoms in total. The number of benzene rings is 2. The number of hydrogen-bond acceptors (Lipinski definition) is 6. The quantitative estimate of drug-likeness (QED) is 0.460. The van der Waals surface area contributed by atoms with E-state index in [-0.39, 0.29) is 5.75 Å². The van der Waals surface area contributed by atoms with Crippen molar-refractivity contribution in [3.05, 3.63) is 83.7 Å². The Labute approximate surface area is 178 Å². The van der Waals surface area contributed by atoms with Crippen LogP contribution in [-0.2, 0) is 13.0 Å². The second-order valence-electron chi connectivity index (χ2n) is 6.78. The molecule has 2 heterocycles. The van der Waals surface area contributed by atoms with Crippen molar-refractivity contribution in [1.29, 1.82) is 0 Å². The number of aromatic amines is 1. The minimum atomic E-state index is -0.429. The predicted molar refractivity (Wildman–Crippen MR) is 113 cm³/mol. The van der Waals surface area contributed by atoms with Crippen molar-refractivity contribution >= 4 is 0 Å². The monoisotopic (exact) mass is 420 g/mol. The molecular weight excluding hydrogens is 399 g/mol. The van der Waals surface area contributed by atoms with E-state index in [9.17, 15) is 4.39 Å². The average molecular weight is 420 g/mol. The lowest BCUT2D eigenvalue weighted by molar-refractivity contribution is 0.292. The molecule has 2 aromatic heterocycles. The van der Waals surface area contributed by atoms with Gasteiger partial charge in [-0.25, -0.2) is 9.37 Å². The Morgan fingerprint density at radius 1 is 0.935 bits per heavy atom. The molecule has 2 aromatic carbocycles. The zero-order valence-electron chi connectivity index (χ0n) is 17.1. The summed E-state index contributed by atoms with van der Waals surface area (Å²) in [5.41, 5.74) is 3.17. The fraction of sp³-hybridized carbons (Fsp3) is 0.174. The van der Waals surface area contributed by atoms with E-state index in [0.29, 0.717) is 30.4 Å². The number of rotatable bonds is 8. The Morgan fingerprint density at radius 2 is 1.74 bits per heavy atom. The molecule has 0 aliphatic heterocycles. The van der Waals surface area contributed by atoms with Gasteiger partial charge in [0.25, 0.3) is 0 Å². The van der Waals surface area contributed by atoms with Crippen molar-refractivity contribution in [2.24, 2.45) is 0 Å². The molecule has 0 saturated heterocycles. The molecule has 0 saturated carbocycles. The third kappa shape index (κ3) is 4.98. The molecule has 4 aromatic rings. The van der Waals surface area contributed by atoms with Gasteiger partial charge in [0, 0.05) is 24.2 Å². The highest BCUT2D eigenvalue weighted by Crippen LogP contribution is 2.24. The van der Waals surface area contributed by atoms with Crippen LogP contribution in [0.3, 0.4) is 0 Å². The molecule has 0 fully saturated rings. The van der Waals surface area contributed by atoms with Crippen LogP contribution in [0, 0.1) is 5.82 Å². The van der Waals surface area contributed by atoms with E-state index in [1.165, 1.54) is 13.2 Å². The van der Waals surface area contributed by atoms with Crippen LogP contribution in [0.4, 0.5) is 4.39 Å². The molecule has 31 heavy (non-hydrogen) atoms. The number of aromatic nitrogens is 4. The molecule has 0 unspecified atom stereocenters. The number of ether oxygens (including phenoxy) is 3. The van der Waals surface area contributed by atoms with Crippen molar-refractivity contribution in [2.45, 2.75) is 13.0 Å². The Morgan fingerprint density at radius 3 is 2.42 bits per heavy atom. The molecule has 0 aliphatic rings. The molecule has 8 heteroatoms. The standard InChI is InChI=1S/C23H21FN4O3/c1-29-18-6-3-15(4-7-18)14-31-23-11-20(17-12-25-26-13-17)27-22(28-23)10-16-5-8-21(30-2)19(24)9-16/h3-9,11-13H,10,14H2,1-2H3,(H,25,26). The minimum Gasteiger partial charge on any atom is -0.497 e. The lowest BCUT2D eigenvalue weighted by Gasteiger charge is -2.10. The first kappa shape index (κ1) is 20.3. The highest BCUT2D eigenvalue weighted by atomic mass is 19.1. The summed E-state index contributed by atoms with van der Waals surface area (Å²) in [6, 6.07) is 14.2. The molecule has 0 amide bonds. The number of hydrogen-bond donors (Lipinski definition) is 1. The second kappa shape index (κ2) is 9.25. The Balaban J connectivity index is 1.58. The SMILES string of the molecule is COc1ccc(COc2cc(-c3cn[nH]c3)nc(Cc3ccc(OC)c(F)c3)n2)cc1. The first-order valence-corrected chi connectivity index (χ1v) is 9.60. The summed E-state index contributed by atoms with van der Waals surface area (Å²) in [7, 11) is 3.06. The maximum Gasteiger partial charge on any atom is 0.217 e. The molecule has 0 spiro atoms. The van der Waals surface area contributed by atoms with Gasteiger partial charge in [0.2, 0.25) is 5.88 Å². The Hall–Kier alpha value is -3.94. The minimum absolute atomic E-state index is 0.195. The predicted octanol–water partition coefficient (Wildman–Crippen LogP) is 4.19. The topological polar surface area (TPSA) is 82.2 Å². The number of halogens is 1. The van der Waals surface area contributed by atoms with Gasteiger partial charge in [-0.2, -0.15) is 10.1 Å². The second-order valence-corrected chi connectivity index (χ2v) is 6.78. The Kier molecular flexibility index (Phi) is 6.07. The number of nitrogens with one attached hydrogen (secondary N) is 1. The summed E-state index contributed by atoms with van der Waals surface area (Å²) in [6.45, 7) is 0.336. The maximum absolute atomic E-state index is 14.1. The summed E-state index contributed by atoms with van der Waals surface area (Å²) in [6.07, 6.45) is 3.75. The lowest BCUT2D eigenvalue weighted by Crippen LogP contribution is -2.04. The van der Waals surface area contributed by atoms with E-state index in [1.54, 1.807) is 37.7 Å². The van der Waals surface area contributed by atoms with Gasteiger partial charge < -0.3 is 14.2 Å². The lowest BCUT2D eigenvalue weighted by atomic mass is 10.1. The van der Waals surface area contributed by atoms with Crippen LogP contribution in [0.5, 0.6) is 17.4 Å². The van der Waals surface area contributed by atoms with Gasteiger partial charge in [-0.1, -0.05) is 18.2 Å². The molecule has 4 rings (SSSR count). The van der Waals surface area contributed by atoms with Crippen LogP contribution >= 0.6 is 0 Å². The first-order chi connectivity index (χ1) is 15.1. The summed E-state index contributed by atoms with van der Waals surface area (Å²) < 4.78 is 30.2. The fourth-order valence-electron chi connectivity index (χ4n) is 3.05. The van der Waals surface area contributed by atoms with Crippen molar-refractivity contribution < 1.29 is 18.6 Å². The van der Waals surface area contributed by atoms with E-state index >= 15 is 0 Å². The Bertz CT molecular complexity index is 1150. The van der Waals surface area contributed by atoms with Gasteiger partial charge in [-0.3, -0.25) is 5.10 Å². The molecular formula is C23H21FN4O3. The smallest absolute Gasteiger partial charge is 0.217 e. The van der Waals surface area contributed by atoms with E-state index in [4.69, 9.17) is 14.2 Å². The third-order valence-electron chi connectivity index (χ3n) is 4.67. The number of methoxy groups -OCH3 is 2. The fourth-order valence-corrected chi connectivity index (χ4v) is 3.05. The van der Waals surface area contributed by atoms with Gasteiger partial charge >= 0.3 is 0 Å². The van der Waals surface area contributed by atoms with Crippen LogP contribution in [0.2, 0.25) is 0 Å². The molecule has 0 radical (unpaired) electrons. The summed E-state index contributed by atoms with van der Waals surface area (Å²) in [5, 5.41) is 6.76. The number of H-pyrrole nitrogens is 1. The number of nitrogens with zero attached hydrogens (tertiary/aromatic N) is 3. The van der Waals surface area contributed by atoms with Crippen LogP contribution in [0.25, 0.3) is 11.3 Å². The van der Waals surface area contributed by atoms with Crippen molar-refractivity contribution in [3.63, 3.8) is 0 Å². The van der Waals surface area contributed by atoms with Crippen LogP contribution in [-0.4, -0.2) is 34.4 Å². The largest absolute Gasteiger partial charge is 0.497 e. The maximum atomic E-state index is 14.1. The van der Waals surface area contributed by atoms with E-state index in [2.05, 4.69) is 20.2 Å². The van der Waals surface area contributed by atoms with E-state index in [0.717, 1.165) is 22.4 Å². The summed E-state index contributed by atoms with van der Waals surface area (Å²) >= 11 is 0. The van der Waals surface area contributed by atoms with Gasteiger partial charge in [-0.05, 0) is 35.4 Å². The van der Waals surface area contributed by atoms with Crippen molar-refractivity contribution in [2.75, 3.05) is 14.2 Å². The van der Waals surface area contributed by atoms with Crippen molar-refractivity contribution in [3.8, 4) is 28.6 Å². The summed E-state index contributed by atoms with van der Waals surface area (Å²) in [5.74, 6) is 1.48. The molecule has 0 bridgehead atoms. The third-order valence-corrected chi connectivity index (χ3v) is 4.67. The molecule has 1 N–H and O–H groups in total. The molecule has 0 aliphatic carbocycles. The van der Waals surface area contributed by atoms with E-state index < -0.39 is 5.82 Å². The first-order valence-electron chi connectivity index (χ1n) is 9.60. The van der Waals surface area contributed by atoms with E-state index in [1.807, 2.05) is 24.3 Å². The van der Waals surface area contributed by atoms with Gasteiger partial charge in [0.15, 0.2) is 11.6 Å². The van der Waals surface area contributed by atoms with Crippen LogP contribution in [0.15, 0.2) is 60.9 Å². The molecule has 158 valence electrons. The van der Waals surface area contributed by atoms with Gasteiger partial charge in [-0.15, -0.1) is 0 Å². The van der Waals surface area contributed by atoms with Gasteiger partial charge in [0.05, 0.1) is 26.1 Å².